The second kappa shape index (κ2) is 4.49. The summed E-state index contributed by atoms with van der Waals surface area (Å²) in [7, 11) is 0. The van der Waals surface area contributed by atoms with Crippen LogP contribution in [-0.2, 0) is 9.53 Å². The third kappa shape index (κ3) is 2.16. The van der Waals surface area contributed by atoms with E-state index in [9.17, 15) is 4.79 Å². The van der Waals surface area contributed by atoms with Crippen molar-refractivity contribution in [2.45, 2.75) is 20.0 Å². The Morgan fingerprint density at radius 1 is 1.47 bits per heavy atom. The lowest BCUT2D eigenvalue weighted by Gasteiger charge is -2.21. The summed E-state index contributed by atoms with van der Waals surface area (Å²) in [6.45, 7) is 8.33. The average molecular weight is 212 g/mol. The third-order valence-electron chi connectivity index (χ3n) is 3.47. The van der Waals surface area contributed by atoms with Crippen molar-refractivity contribution in [1.82, 2.24) is 10.2 Å². The van der Waals surface area contributed by atoms with Crippen LogP contribution in [0.1, 0.15) is 13.8 Å². The lowest BCUT2D eigenvalue weighted by atomic mass is 10.0. The quantitative estimate of drug-likeness (QED) is 0.721. The predicted octanol–water partition coefficient (Wildman–Crippen LogP) is 0.0892. The van der Waals surface area contributed by atoms with Crippen LogP contribution in [0, 0.1) is 11.8 Å². The van der Waals surface area contributed by atoms with Gasteiger partial charge in [-0.25, -0.2) is 0 Å². The van der Waals surface area contributed by atoms with Crippen LogP contribution >= 0.6 is 0 Å². The minimum Gasteiger partial charge on any atom is -0.369 e. The first-order chi connectivity index (χ1) is 7.22. The second-order valence-corrected chi connectivity index (χ2v) is 4.52. The molecule has 0 saturated carbocycles. The first kappa shape index (κ1) is 10.9. The summed E-state index contributed by atoms with van der Waals surface area (Å²) in [6, 6.07) is 0. The molecule has 4 nitrogen and oxygen atoms in total. The van der Waals surface area contributed by atoms with E-state index < -0.39 is 0 Å². The van der Waals surface area contributed by atoms with Crippen molar-refractivity contribution in [3.8, 4) is 0 Å². The van der Waals surface area contributed by atoms with E-state index in [1.807, 2.05) is 18.7 Å². The molecule has 0 spiro atoms. The lowest BCUT2D eigenvalue weighted by Crippen LogP contribution is -2.39. The van der Waals surface area contributed by atoms with Crippen molar-refractivity contribution in [3.63, 3.8) is 0 Å². The summed E-state index contributed by atoms with van der Waals surface area (Å²) in [6.07, 6.45) is -0.276. The fourth-order valence-electron chi connectivity index (χ4n) is 2.61. The molecular weight excluding hydrogens is 192 g/mol. The number of fused-ring (bicyclic) bond motifs is 1. The molecule has 1 unspecified atom stereocenters. The molecule has 0 aromatic carbocycles. The molecule has 4 heteroatoms. The minimum absolute atomic E-state index is 0.159. The number of hydrogen-bond donors (Lipinski definition) is 1. The van der Waals surface area contributed by atoms with Gasteiger partial charge >= 0.3 is 0 Å². The van der Waals surface area contributed by atoms with Gasteiger partial charge in [-0.3, -0.25) is 4.79 Å². The summed E-state index contributed by atoms with van der Waals surface area (Å²) in [5, 5.41) is 3.37. The molecule has 0 radical (unpaired) electrons. The van der Waals surface area contributed by atoms with Gasteiger partial charge in [0, 0.05) is 32.8 Å². The SMILES string of the molecule is CCOC(C)C(=O)N1C[C@H]2CNC[C@H]2C1. The van der Waals surface area contributed by atoms with E-state index in [-0.39, 0.29) is 12.0 Å². The van der Waals surface area contributed by atoms with Crippen LogP contribution in [0.5, 0.6) is 0 Å². The van der Waals surface area contributed by atoms with E-state index >= 15 is 0 Å². The Kier molecular flexibility index (Phi) is 3.26. The summed E-state index contributed by atoms with van der Waals surface area (Å²) in [4.78, 5) is 13.9. The minimum atomic E-state index is -0.276. The highest BCUT2D eigenvalue weighted by Crippen LogP contribution is 2.26. The average Bonchev–Trinajstić information content (AvgIpc) is 2.75. The van der Waals surface area contributed by atoms with Crippen molar-refractivity contribution in [3.05, 3.63) is 0 Å². The third-order valence-corrected chi connectivity index (χ3v) is 3.47. The van der Waals surface area contributed by atoms with E-state index in [2.05, 4.69) is 5.32 Å². The summed E-state index contributed by atoms with van der Waals surface area (Å²) in [5.74, 6) is 1.50. The number of carbonyl (C=O) groups excluding carboxylic acids is 1. The summed E-state index contributed by atoms with van der Waals surface area (Å²) in [5.41, 5.74) is 0. The molecule has 2 saturated heterocycles. The lowest BCUT2D eigenvalue weighted by molar-refractivity contribution is -0.141. The zero-order valence-corrected chi connectivity index (χ0v) is 9.53. The van der Waals surface area contributed by atoms with Gasteiger partial charge in [0.1, 0.15) is 6.10 Å². The highest BCUT2D eigenvalue weighted by atomic mass is 16.5. The van der Waals surface area contributed by atoms with Crippen molar-refractivity contribution in [1.29, 1.82) is 0 Å². The van der Waals surface area contributed by atoms with Crippen molar-refractivity contribution < 1.29 is 9.53 Å². The monoisotopic (exact) mass is 212 g/mol. The molecule has 2 aliphatic heterocycles. The van der Waals surface area contributed by atoms with Crippen LogP contribution in [0.3, 0.4) is 0 Å². The van der Waals surface area contributed by atoms with Gasteiger partial charge in [-0.05, 0) is 25.7 Å². The molecule has 2 heterocycles. The van der Waals surface area contributed by atoms with Crippen molar-refractivity contribution >= 4 is 5.91 Å². The molecule has 15 heavy (non-hydrogen) atoms. The molecular formula is C11H20N2O2. The molecule has 0 aromatic rings. The normalized spacial score (nSPS) is 31.7. The molecule has 2 rings (SSSR count). The molecule has 0 aliphatic carbocycles. The molecule has 0 bridgehead atoms. The topological polar surface area (TPSA) is 41.6 Å². The van der Waals surface area contributed by atoms with Crippen molar-refractivity contribution in [2.24, 2.45) is 11.8 Å². The Morgan fingerprint density at radius 3 is 2.60 bits per heavy atom. The Balaban J connectivity index is 1.87. The van der Waals surface area contributed by atoms with Crippen LogP contribution in [0.4, 0.5) is 0 Å². The molecule has 1 amide bonds. The number of hydrogen-bond acceptors (Lipinski definition) is 3. The predicted molar refractivity (Wildman–Crippen MR) is 57.5 cm³/mol. The molecule has 2 fully saturated rings. The Labute approximate surface area is 91.0 Å². The first-order valence-electron chi connectivity index (χ1n) is 5.83. The number of amides is 1. The van der Waals surface area contributed by atoms with E-state index in [0.717, 1.165) is 26.2 Å². The molecule has 2 aliphatic rings. The highest BCUT2D eigenvalue weighted by molar-refractivity contribution is 5.80. The van der Waals surface area contributed by atoms with Crippen LogP contribution in [0.15, 0.2) is 0 Å². The van der Waals surface area contributed by atoms with Crippen LogP contribution in [0.2, 0.25) is 0 Å². The maximum absolute atomic E-state index is 11.9. The Bertz CT molecular complexity index is 233. The van der Waals surface area contributed by atoms with E-state index in [1.165, 1.54) is 0 Å². The van der Waals surface area contributed by atoms with Gasteiger partial charge in [0.15, 0.2) is 0 Å². The maximum Gasteiger partial charge on any atom is 0.251 e. The van der Waals surface area contributed by atoms with Gasteiger partial charge < -0.3 is 15.0 Å². The van der Waals surface area contributed by atoms with Crippen LogP contribution < -0.4 is 5.32 Å². The first-order valence-corrected chi connectivity index (χ1v) is 5.83. The zero-order valence-electron chi connectivity index (χ0n) is 9.53. The smallest absolute Gasteiger partial charge is 0.251 e. The number of rotatable bonds is 3. The Hall–Kier alpha value is -0.610. The fraction of sp³-hybridized carbons (Fsp3) is 0.909. The molecule has 3 atom stereocenters. The van der Waals surface area contributed by atoms with Gasteiger partial charge in [-0.2, -0.15) is 0 Å². The van der Waals surface area contributed by atoms with E-state index in [1.54, 1.807) is 0 Å². The standard InChI is InChI=1S/C11H20N2O2/c1-3-15-8(2)11(14)13-6-9-4-12-5-10(9)7-13/h8-10,12H,3-7H2,1-2H3/t8?,9-,10+. The zero-order chi connectivity index (χ0) is 10.8. The fourth-order valence-corrected chi connectivity index (χ4v) is 2.61. The van der Waals surface area contributed by atoms with E-state index in [0.29, 0.717) is 18.4 Å². The Morgan fingerprint density at radius 2 is 2.07 bits per heavy atom. The van der Waals surface area contributed by atoms with Crippen LogP contribution in [0.25, 0.3) is 0 Å². The van der Waals surface area contributed by atoms with E-state index in [4.69, 9.17) is 4.74 Å². The number of carbonyl (C=O) groups is 1. The van der Waals surface area contributed by atoms with Gasteiger partial charge in [-0.1, -0.05) is 0 Å². The maximum atomic E-state index is 11.9. The summed E-state index contributed by atoms with van der Waals surface area (Å²) >= 11 is 0. The largest absolute Gasteiger partial charge is 0.369 e. The van der Waals surface area contributed by atoms with Gasteiger partial charge in [0.25, 0.3) is 5.91 Å². The molecule has 1 N–H and O–H groups in total. The number of ether oxygens (including phenoxy) is 1. The van der Waals surface area contributed by atoms with Crippen LogP contribution in [-0.4, -0.2) is 49.7 Å². The second-order valence-electron chi connectivity index (χ2n) is 4.52. The summed E-state index contributed by atoms with van der Waals surface area (Å²) < 4.78 is 5.33. The molecule has 86 valence electrons. The van der Waals surface area contributed by atoms with Gasteiger partial charge in [-0.15, -0.1) is 0 Å². The van der Waals surface area contributed by atoms with Gasteiger partial charge in [0.05, 0.1) is 0 Å². The van der Waals surface area contributed by atoms with Gasteiger partial charge in [0.2, 0.25) is 0 Å². The number of nitrogens with one attached hydrogen (secondary N) is 1. The van der Waals surface area contributed by atoms with Crippen molar-refractivity contribution in [2.75, 3.05) is 32.8 Å². The molecule has 0 aromatic heterocycles. The highest BCUT2D eigenvalue weighted by Gasteiger charge is 2.39. The number of likely N-dealkylation sites (tertiary alicyclic amines) is 1. The number of nitrogens with zero attached hydrogens (tertiary/aromatic N) is 1.